The third-order valence-electron chi connectivity index (χ3n) is 2.75. The second-order valence-electron chi connectivity index (χ2n) is 4.02. The molecule has 1 aromatic heterocycles. The van der Waals surface area contributed by atoms with E-state index >= 15 is 0 Å². The predicted molar refractivity (Wildman–Crippen MR) is 61.9 cm³/mol. The van der Waals surface area contributed by atoms with Crippen molar-refractivity contribution in [2.24, 2.45) is 0 Å². The number of nitrogens with two attached hydrogens (primary N) is 1. The predicted octanol–water partition coefficient (Wildman–Crippen LogP) is 1.19. The lowest BCUT2D eigenvalue weighted by atomic mass is 10.1. The zero-order valence-electron chi connectivity index (χ0n) is 9.37. The van der Waals surface area contributed by atoms with Gasteiger partial charge in [-0.25, -0.2) is 4.79 Å². The van der Waals surface area contributed by atoms with Gasteiger partial charge in [0, 0.05) is 18.8 Å². The number of aromatic nitrogens is 1. The fraction of sp³-hybridized carbons (Fsp3) is 0.455. The Hall–Kier alpha value is -1.98. The van der Waals surface area contributed by atoms with Crippen LogP contribution in [-0.4, -0.2) is 40.3 Å². The van der Waals surface area contributed by atoms with Crippen LogP contribution in [0.3, 0.4) is 0 Å². The smallest absolute Gasteiger partial charge is 0.407 e. The van der Waals surface area contributed by atoms with Crippen molar-refractivity contribution in [3.8, 4) is 5.75 Å². The molecule has 1 fully saturated rings. The van der Waals surface area contributed by atoms with Gasteiger partial charge in [0.2, 0.25) is 0 Å². The van der Waals surface area contributed by atoms with Crippen LogP contribution in [0.4, 0.5) is 10.5 Å². The number of piperidine rings is 1. The molecule has 0 spiro atoms. The molecule has 92 valence electrons. The van der Waals surface area contributed by atoms with Crippen LogP contribution in [0.1, 0.15) is 12.8 Å². The number of hydrogen-bond acceptors (Lipinski definition) is 4. The van der Waals surface area contributed by atoms with Gasteiger partial charge in [0.15, 0.2) is 0 Å². The van der Waals surface area contributed by atoms with Crippen molar-refractivity contribution < 1.29 is 14.6 Å². The van der Waals surface area contributed by atoms with Crippen molar-refractivity contribution in [3.63, 3.8) is 0 Å². The van der Waals surface area contributed by atoms with E-state index in [1.807, 2.05) is 0 Å². The lowest BCUT2D eigenvalue weighted by molar-refractivity contribution is 0.0795. The summed E-state index contributed by atoms with van der Waals surface area (Å²) in [7, 11) is 0. The van der Waals surface area contributed by atoms with Crippen molar-refractivity contribution in [1.29, 1.82) is 0 Å². The average Bonchev–Trinajstić information content (AvgIpc) is 2.32. The molecule has 1 saturated heterocycles. The summed E-state index contributed by atoms with van der Waals surface area (Å²) in [6.45, 7) is 0.956. The molecule has 1 aliphatic rings. The Labute approximate surface area is 99.0 Å². The minimum atomic E-state index is -0.902. The molecule has 2 heterocycles. The molecule has 0 aromatic carbocycles. The number of pyridine rings is 1. The van der Waals surface area contributed by atoms with Crippen LogP contribution in [0.15, 0.2) is 18.5 Å². The molecule has 2 rings (SSSR count). The zero-order chi connectivity index (χ0) is 12.3. The van der Waals surface area contributed by atoms with Gasteiger partial charge in [-0.05, 0) is 12.8 Å². The van der Waals surface area contributed by atoms with Crippen LogP contribution in [0.5, 0.6) is 5.75 Å². The van der Waals surface area contributed by atoms with Crippen LogP contribution in [-0.2, 0) is 0 Å². The molecule has 0 saturated carbocycles. The molecule has 0 aliphatic carbocycles. The first-order chi connectivity index (χ1) is 8.16. The van der Waals surface area contributed by atoms with Gasteiger partial charge in [-0.2, -0.15) is 0 Å². The van der Waals surface area contributed by atoms with E-state index in [9.17, 15) is 4.79 Å². The number of carboxylic acid groups (broad SMARTS) is 1. The number of ether oxygens (including phenoxy) is 1. The molecule has 3 N–H and O–H groups in total. The highest BCUT2D eigenvalue weighted by atomic mass is 16.5. The highest BCUT2D eigenvalue weighted by molar-refractivity contribution is 5.65. The summed E-state index contributed by atoms with van der Waals surface area (Å²) in [6, 6.07) is 1.69. The Morgan fingerprint density at radius 3 is 3.18 bits per heavy atom. The molecule has 17 heavy (non-hydrogen) atoms. The SMILES string of the molecule is Nc1cnccc1O[C@@H]1CCCN(C(=O)O)C1. The molecular weight excluding hydrogens is 222 g/mol. The average molecular weight is 237 g/mol. The van der Waals surface area contributed by atoms with E-state index in [4.69, 9.17) is 15.6 Å². The standard InChI is InChI=1S/C11H15N3O3/c12-9-6-13-4-3-10(9)17-8-2-1-5-14(7-8)11(15)16/h3-4,6,8H,1-2,5,7,12H2,(H,15,16)/t8-/m1/s1. The third-order valence-corrected chi connectivity index (χ3v) is 2.75. The van der Waals surface area contributed by atoms with Gasteiger partial charge in [0.25, 0.3) is 0 Å². The van der Waals surface area contributed by atoms with E-state index in [0.717, 1.165) is 12.8 Å². The third kappa shape index (κ3) is 2.77. The number of hydrogen-bond donors (Lipinski definition) is 2. The van der Waals surface area contributed by atoms with Gasteiger partial charge >= 0.3 is 6.09 Å². The van der Waals surface area contributed by atoms with Crippen molar-refractivity contribution in [1.82, 2.24) is 9.88 Å². The topological polar surface area (TPSA) is 88.7 Å². The summed E-state index contributed by atoms with van der Waals surface area (Å²) in [5.74, 6) is 0.567. The van der Waals surface area contributed by atoms with E-state index in [1.54, 1.807) is 12.3 Å². The van der Waals surface area contributed by atoms with E-state index in [-0.39, 0.29) is 6.10 Å². The van der Waals surface area contributed by atoms with Crippen molar-refractivity contribution >= 4 is 11.8 Å². The Morgan fingerprint density at radius 2 is 2.47 bits per heavy atom. The largest absolute Gasteiger partial charge is 0.486 e. The van der Waals surface area contributed by atoms with E-state index < -0.39 is 6.09 Å². The second-order valence-corrected chi connectivity index (χ2v) is 4.02. The molecule has 1 amide bonds. The number of nitrogens with zero attached hydrogens (tertiary/aromatic N) is 2. The molecule has 0 unspecified atom stereocenters. The van der Waals surface area contributed by atoms with Crippen molar-refractivity contribution in [3.05, 3.63) is 18.5 Å². The lowest BCUT2D eigenvalue weighted by Crippen LogP contribution is -2.43. The lowest BCUT2D eigenvalue weighted by Gasteiger charge is -2.31. The molecular formula is C11H15N3O3. The molecule has 1 aromatic rings. The van der Waals surface area contributed by atoms with Gasteiger partial charge in [-0.15, -0.1) is 0 Å². The van der Waals surface area contributed by atoms with Crippen LogP contribution in [0, 0.1) is 0 Å². The van der Waals surface area contributed by atoms with Gasteiger partial charge < -0.3 is 20.5 Å². The Balaban J connectivity index is 1.99. The van der Waals surface area contributed by atoms with Crippen molar-refractivity contribution in [2.75, 3.05) is 18.8 Å². The number of likely N-dealkylation sites (tertiary alicyclic amines) is 1. The summed E-state index contributed by atoms with van der Waals surface area (Å²) >= 11 is 0. The van der Waals surface area contributed by atoms with Crippen LogP contribution in [0.2, 0.25) is 0 Å². The minimum absolute atomic E-state index is 0.135. The number of amides is 1. The van der Waals surface area contributed by atoms with Crippen LogP contribution >= 0.6 is 0 Å². The highest BCUT2D eigenvalue weighted by Gasteiger charge is 2.24. The summed E-state index contributed by atoms with van der Waals surface area (Å²) in [5.41, 5.74) is 6.19. The number of rotatable bonds is 2. The molecule has 6 nitrogen and oxygen atoms in total. The first kappa shape index (κ1) is 11.5. The van der Waals surface area contributed by atoms with Crippen molar-refractivity contribution in [2.45, 2.75) is 18.9 Å². The molecule has 6 heteroatoms. The van der Waals surface area contributed by atoms with Gasteiger partial charge in [-0.3, -0.25) is 4.98 Å². The van der Waals surface area contributed by atoms with Crippen LogP contribution in [0.25, 0.3) is 0 Å². The molecule has 1 atom stereocenters. The summed E-state index contributed by atoms with van der Waals surface area (Å²) < 4.78 is 5.70. The van der Waals surface area contributed by atoms with E-state index in [2.05, 4.69) is 4.98 Å². The Bertz CT molecular complexity index is 411. The fourth-order valence-electron chi connectivity index (χ4n) is 1.89. The van der Waals surface area contributed by atoms with Crippen LogP contribution < -0.4 is 10.5 Å². The first-order valence-electron chi connectivity index (χ1n) is 5.51. The van der Waals surface area contributed by atoms with Gasteiger partial charge in [-0.1, -0.05) is 0 Å². The van der Waals surface area contributed by atoms with Gasteiger partial charge in [0.1, 0.15) is 11.9 Å². The maximum atomic E-state index is 10.9. The number of nitrogen functional groups attached to an aromatic ring is 1. The molecule has 0 bridgehead atoms. The second kappa shape index (κ2) is 4.90. The molecule has 1 aliphatic heterocycles. The zero-order valence-corrected chi connectivity index (χ0v) is 9.37. The maximum Gasteiger partial charge on any atom is 0.407 e. The summed E-state index contributed by atoms with van der Waals surface area (Å²) in [6.07, 6.45) is 3.73. The van der Waals surface area contributed by atoms with E-state index in [1.165, 1.54) is 11.1 Å². The summed E-state index contributed by atoms with van der Waals surface area (Å²) in [4.78, 5) is 16.1. The molecule has 0 radical (unpaired) electrons. The quantitative estimate of drug-likeness (QED) is 0.806. The fourth-order valence-corrected chi connectivity index (χ4v) is 1.89. The monoisotopic (exact) mass is 237 g/mol. The Morgan fingerprint density at radius 1 is 1.65 bits per heavy atom. The van der Waals surface area contributed by atoms with Gasteiger partial charge in [0.05, 0.1) is 18.4 Å². The maximum absolute atomic E-state index is 10.9. The normalized spacial score (nSPS) is 20.0. The Kier molecular flexibility index (Phi) is 3.32. The minimum Gasteiger partial charge on any atom is -0.486 e. The number of anilines is 1. The summed E-state index contributed by atoms with van der Waals surface area (Å²) in [5, 5.41) is 8.91. The highest BCUT2D eigenvalue weighted by Crippen LogP contribution is 2.23. The van der Waals surface area contributed by atoms with E-state index in [0.29, 0.717) is 24.5 Å². The number of carbonyl (C=O) groups is 1. The first-order valence-corrected chi connectivity index (χ1v) is 5.51.